The molecule has 3 heteroatoms. The summed E-state index contributed by atoms with van der Waals surface area (Å²) in [6.07, 6.45) is 11.8. The van der Waals surface area contributed by atoms with Gasteiger partial charge in [0.1, 0.15) is 0 Å². The molecule has 0 aliphatic rings. The molecule has 1 amide bonds. The van der Waals surface area contributed by atoms with Crippen molar-refractivity contribution in [2.75, 3.05) is 0 Å². The minimum Gasteiger partial charge on any atom is -0.759 e. The van der Waals surface area contributed by atoms with Crippen LogP contribution in [0.4, 0.5) is 0 Å². The van der Waals surface area contributed by atoms with Crippen LogP contribution in [0.5, 0.6) is 0 Å². The Morgan fingerprint density at radius 3 is 2.00 bits per heavy atom. The van der Waals surface area contributed by atoms with E-state index >= 15 is 0 Å². The molecule has 0 rings (SSSR count). The van der Waals surface area contributed by atoms with Gasteiger partial charge in [0.2, 0.25) is 5.91 Å². The van der Waals surface area contributed by atoms with Crippen LogP contribution in [0.1, 0.15) is 78.1 Å². The quantitative estimate of drug-likeness (QED) is 0.437. The lowest BCUT2D eigenvalue weighted by Gasteiger charge is -2.16. The van der Waals surface area contributed by atoms with E-state index in [0.29, 0.717) is 0 Å². The van der Waals surface area contributed by atoms with Crippen molar-refractivity contribution in [3.63, 3.8) is 0 Å². The average Bonchev–Trinajstić information content (AvgIpc) is 2.36. The maximum absolute atomic E-state index is 11.2. The molecule has 0 heterocycles. The summed E-state index contributed by atoms with van der Waals surface area (Å²) in [6.45, 7) is 4.19. The highest BCUT2D eigenvalue weighted by molar-refractivity contribution is 5.78. The fourth-order valence-electron chi connectivity index (χ4n) is 2.13. The first-order valence-electron chi connectivity index (χ1n) is 7.18. The zero-order valence-corrected chi connectivity index (χ0v) is 11.5. The van der Waals surface area contributed by atoms with Crippen LogP contribution < -0.4 is 5.48 Å². The van der Waals surface area contributed by atoms with Crippen LogP contribution in [0.3, 0.4) is 0 Å². The summed E-state index contributed by atoms with van der Waals surface area (Å²) < 4.78 is 0. The Balaban J connectivity index is 3.34. The SMILES string of the molecule is CCCCCCCCCCC(CC)C(=O)N[O-]. The normalized spacial score (nSPS) is 12.4. The summed E-state index contributed by atoms with van der Waals surface area (Å²) in [5, 5.41) is 10.3. The van der Waals surface area contributed by atoms with Gasteiger partial charge >= 0.3 is 0 Å². The van der Waals surface area contributed by atoms with Crippen LogP contribution in [0, 0.1) is 11.1 Å². The number of unbranched alkanes of at least 4 members (excludes halogenated alkanes) is 7. The third kappa shape index (κ3) is 9.16. The average molecular weight is 242 g/mol. The van der Waals surface area contributed by atoms with E-state index in [-0.39, 0.29) is 11.8 Å². The molecule has 0 aromatic rings. The molecule has 0 saturated heterocycles. The third-order valence-electron chi connectivity index (χ3n) is 3.37. The van der Waals surface area contributed by atoms with E-state index < -0.39 is 0 Å². The number of hydrogen-bond donors (Lipinski definition) is 1. The van der Waals surface area contributed by atoms with Crippen LogP contribution in [0.25, 0.3) is 0 Å². The number of carbonyl (C=O) groups is 1. The van der Waals surface area contributed by atoms with Gasteiger partial charge in [-0.2, -0.15) is 0 Å². The Kier molecular flexibility index (Phi) is 11.5. The number of amides is 1. The topological polar surface area (TPSA) is 52.2 Å². The van der Waals surface area contributed by atoms with Crippen LogP contribution in [-0.4, -0.2) is 5.91 Å². The fourth-order valence-corrected chi connectivity index (χ4v) is 2.13. The first kappa shape index (κ1) is 16.4. The summed E-state index contributed by atoms with van der Waals surface area (Å²) >= 11 is 0. The maximum Gasteiger partial charge on any atom is 0.212 e. The highest BCUT2D eigenvalue weighted by atomic mass is 16.5. The summed E-state index contributed by atoms with van der Waals surface area (Å²) in [6, 6.07) is 0. The fraction of sp³-hybridized carbons (Fsp3) is 0.929. The van der Waals surface area contributed by atoms with Gasteiger partial charge < -0.3 is 10.7 Å². The molecule has 1 N–H and O–H groups in total. The lowest BCUT2D eigenvalue weighted by atomic mass is 9.97. The number of rotatable bonds is 11. The van der Waals surface area contributed by atoms with Crippen molar-refractivity contribution in [1.29, 1.82) is 0 Å². The Bertz CT molecular complexity index is 183. The van der Waals surface area contributed by atoms with Gasteiger partial charge in [-0.3, -0.25) is 4.79 Å². The monoisotopic (exact) mass is 242 g/mol. The highest BCUT2D eigenvalue weighted by Crippen LogP contribution is 2.15. The molecule has 0 radical (unpaired) electrons. The largest absolute Gasteiger partial charge is 0.759 e. The predicted octanol–water partition coefficient (Wildman–Crippen LogP) is 4.16. The molecule has 1 atom stereocenters. The summed E-state index contributed by atoms with van der Waals surface area (Å²) in [7, 11) is 0. The Morgan fingerprint density at radius 2 is 1.53 bits per heavy atom. The van der Waals surface area contributed by atoms with Crippen LogP contribution in [-0.2, 0) is 4.79 Å². The second-order valence-corrected chi connectivity index (χ2v) is 4.84. The molecule has 0 fully saturated rings. The summed E-state index contributed by atoms with van der Waals surface area (Å²) in [5.74, 6) is -0.414. The maximum atomic E-state index is 11.2. The molecule has 0 aliphatic heterocycles. The van der Waals surface area contributed by atoms with Crippen molar-refractivity contribution >= 4 is 5.91 Å². The lowest BCUT2D eigenvalue weighted by Crippen LogP contribution is -2.25. The van der Waals surface area contributed by atoms with E-state index in [0.717, 1.165) is 19.3 Å². The van der Waals surface area contributed by atoms with Gasteiger partial charge in [-0.15, -0.1) is 0 Å². The van der Waals surface area contributed by atoms with Gasteiger partial charge in [0, 0.05) is 5.92 Å². The Hall–Kier alpha value is -0.570. The van der Waals surface area contributed by atoms with Gasteiger partial charge in [-0.1, -0.05) is 65.2 Å². The molecular weight excluding hydrogens is 214 g/mol. The first-order chi connectivity index (χ1) is 8.26. The Morgan fingerprint density at radius 1 is 1.00 bits per heavy atom. The molecule has 0 aromatic heterocycles. The van der Waals surface area contributed by atoms with Gasteiger partial charge in [-0.05, 0) is 12.8 Å². The Labute approximate surface area is 106 Å². The van der Waals surface area contributed by atoms with Crippen molar-refractivity contribution in [2.24, 2.45) is 5.92 Å². The van der Waals surface area contributed by atoms with Crippen molar-refractivity contribution in [3.8, 4) is 0 Å². The second-order valence-electron chi connectivity index (χ2n) is 4.84. The second kappa shape index (κ2) is 11.9. The minimum atomic E-state index is -0.338. The molecule has 0 aromatic carbocycles. The highest BCUT2D eigenvalue weighted by Gasteiger charge is 2.12. The van der Waals surface area contributed by atoms with Crippen molar-refractivity contribution in [3.05, 3.63) is 5.21 Å². The van der Waals surface area contributed by atoms with E-state index in [1.165, 1.54) is 50.4 Å². The van der Waals surface area contributed by atoms with Gasteiger partial charge in [-0.25, -0.2) is 0 Å². The number of nitrogens with one attached hydrogen (secondary N) is 1. The predicted molar refractivity (Wildman–Crippen MR) is 72.5 cm³/mol. The molecule has 0 saturated carbocycles. The van der Waals surface area contributed by atoms with E-state index in [1.54, 1.807) is 0 Å². The zero-order valence-electron chi connectivity index (χ0n) is 11.5. The molecule has 17 heavy (non-hydrogen) atoms. The summed E-state index contributed by atoms with van der Waals surface area (Å²) in [5.41, 5.74) is 1.50. The third-order valence-corrected chi connectivity index (χ3v) is 3.37. The number of hydroxylamine groups is 1. The number of carbonyl (C=O) groups excluding carboxylic acids is 1. The number of hydrogen-bond acceptors (Lipinski definition) is 2. The van der Waals surface area contributed by atoms with E-state index in [1.807, 2.05) is 6.92 Å². The molecule has 3 nitrogen and oxygen atoms in total. The molecule has 1 unspecified atom stereocenters. The van der Waals surface area contributed by atoms with E-state index in [4.69, 9.17) is 0 Å². The first-order valence-corrected chi connectivity index (χ1v) is 7.18. The standard InChI is InChI=1S/C14H28NO2/c1-3-5-6-7-8-9-10-11-12-13(4-2)14(16)15-17/h13H,3-12H2,1-2H3,(H-,15,16,17)/q-1. The van der Waals surface area contributed by atoms with Crippen LogP contribution in [0.2, 0.25) is 0 Å². The van der Waals surface area contributed by atoms with Gasteiger partial charge in [0.25, 0.3) is 0 Å². The summed E-state index contributed by atoms with van der Waals surface area (Å²) in [4.78, 5) is 11.2. The molecule has 0 spiro atoms. The molecule has 0 aliphatic carbocycles. The van der Waals surface area contributed by atoms with E-state index in [9.17, 15) is 10.0 Å². The van der Waals surface area contributed by atoms with Gasteiger partial charge in [0.15, 0.2) is 0 Å². The van der Waals surface area contributed by atoms with Crippen molar-refractivity contribution in [1.82, 2.24) is 5.48 Å². The van der Waals surface area contributed by atoms with Crippen molar-refractivity contribution in [2.45, 2.75) is 78.1 Å². The minimum absolute atomic E-state index is 0.0763. The molecule has 0 bridgehead atoms. The van der Waals surface area contributed by atoms with E-state index in [2.05, 4.69) is 6.92 Å². The molecule has 102 valence electrons. The molecular formula is C14H28NO2-. The smallest absolute Gasteiger partial charge is 0.212 e. The zero-order chi connectivity index (χ0) is 12.9. The van der Waals surface area contributed by atoms with Gasteiger partial charge in [0.05, 0.1) is 0 Å². The van der Waals surface area contributed by atoms with Crippen LogP contribution >= 0.6 is 0 Å². The van der Waals surface area contributed by atoms with Crippen LogP contribution in [0.15, 0.2) is 0 Å². The lowest BCUT2D eigenvalue weighted by molar-refractivity contribution is -0.124. The van der Waals surface area contributed by atoms with Crippen molar-refractivity contribution < 1.29 is 4.79 Å².